The van der Waals surface area contributed by atoms with Crippen LogP contribution in [0.15, 0.2) is 17.0 Å². The zero-order chi connectivity index (χ0) is 13.9. The van der Waals surface area contributed by atoms with Crippen LogP contribution in [-0.2, 0) is 21.1 Å². The number of ether oxygens (including phenoxy) is 1. The van der Waals surface area contributed by atoms with Crippen LogP contribution in [0, 0.1) is 6.92 Å². The number of aliphatic carboxylic acids is 1. The molecule has 0 fully saturated rings. The van der Waals surface area contributed by atoms with E-state index in [0.717, 1.165) is 6.26 Å². The molecule has 1 aromatic carbocycles. The lowest BCUT2D eigenvalue weighted by Gasteiger charge is -2.12. The minimum absolute atomic E-state index is 0.116. The van der Waals surface area contributed by atoms with Gasteiger partial charge in [-0.25, -0.2) is 8.42 Å². The Kier molecular flexibility index (Phi) is 4.34. The molecule has 0 unspecified atom stereocenters. The van der Waals surface area contributed by atoms with Gasteiger partial charge in [0.1, 0.15) is 5.75 Å². The Morgan fingerprint density at radius 2 is 2.00 bits per heavy atom. The molecule has 100 valence electrons. The molecule has 0 atom stereocenters. The quantitative estimate of drug-likeness (QED) is 0.876. The van der Waals surface area contributed by atoms with Crippen LogP contribution >= 0.6 is 0 Å². The molecular weight excluding hydrogens is 256 g/mol. The highest BCUT2D eigenvalue weighted by atomic mass is 32.2. The summed E-state index contributed by atoms with van der Waals surface area (Å²) in [6.45, 7) is 1.74. The summed E-state index contributed by atoms with van der Waals surface area (Å²) in [5.41, 5.74) is 1.18. The highest BCUT2D eigenvalue weighted by Gasteiger charge is 2.16. The second kappa shape index (κ2) is 5.39. The van der Waals surface area contributed by atoms with E-state index in [2.05, 4.69) is 0 Å². The summed E-state index contributed by atoms with van der Waals surface area (Å²) in [7, 11) is -1.89. The first kappa shape index (κ1) is 14.5. The molecule has 18 heavy (non-hydrogen) atoms. The number of sulfone groups is 1. The molecule has 6 heteroatoms. The number of aryl methyl sites for hydroxylation is 2. The van der Waals surface area contributed by atoms with E-state index in [-0.39, 0.29) is 17.7 Å². The summed E-state index contributed by atoms with van der Waals surface area (Å²) in [5.74, 6) is -0.406. The lowest BCUT2D eigenvalue weighted by molar-refractivity contribution is -0.136. The molecule has 0 radical (unpaired) electrons. The van der Waals surface area contributed by atoms with Crippen molar-refractivity contribution in [3.63, 3.8) is 0 Å². The molecule has 0 aliphatic rings. The van der Waals surface area contributed by atoms with E-state index in [1.807, 2.05) is 0 Å². The zero-order valence-electron chi connectivity index (χ0n) is 10.6. The summed E-state index contributed by atoms with van der Waals surface area (Å²) in [4.78, 5) is 10.7. The lowest BCUT2D eigenvalue weighted by Crippen LogP contribution is -2.06. The lowest BCUT2D eigenvalue weighted by atomic mass is 10.1. The van der Waals surface area contributed by atoms with Gasteiger partial charge in [-0.1, -0.05) is 0 Å². The van der Waals surface area contributed by atoms with E-state index in [4.69, 9.17) is 9.84 Å². The average Bonchev–Trinajstić information content (AvgIpc) is 2.25. The number of hydrogen-bond acceptors (Lipinski definition) is 4. The Bertz CT molecular complexity index is 560. The molecule has 1 N–H and O–H groups in total. The van der Waals surface area contributed by atoms with E-state index in [9.17, 15) is 13.2 Å². The third-order valence-corrected chi connectivity index (χ3v) is 3.76. The first-order valence-corrected chi connectivity index (χ1v) is 7.24. The van der Waals surface area contributed by atoms with Crippen LogP contribution in [0.4, 0.5) is 0 Å². The second-order valence-electron chi connectivity index (χ2n) is 4.10. The smallest absolute Gasteiger partial charge is 0.303 e. The molecule has 0 spiro atoms. The molecule has 0 heterocycles. The number of benzene rings is 1. The molecule has 0 amide bonds. The summed E-state index contributed by atoms with van der Waals surface area (Å²) in [5, 5.41) is 8.67. The summed E-state index contributed by atoms with van der Waals surface area (Å²) in [6, 6.07) is 3.11. The van der Waals surface area contributed by atoms with E-state index >= 15 is 0 Å². The van der Waals surface area contributed by atoms with E-state index < -0.39 is 15.8 Å². The number of carboxylic acid groups (broad SMARTS) is 1. The number of hydrogen-bond donors (Lipinski definition) is 1. The summed E-state index contributed by atoms with van der Waals surface area (Å²) < 4.78 is 28.4. The summed E-state index contributed by atoms with van der Waals surface area (Å²) in [6.07, 6.45) is 1.15. The fourth-order valence-electron chi connectivity index (χ4n) is 1.71. The Morgan fingerprint density at radius 3 is 2.44 bits per heavy atom. The zero-order valence-corrected chi connectivity index (χ0v) is 11.4. The van der Waals surface area contributed by atoms with Crippen LogP contribution in [0.1, 0.15) is 17.5 Å². The van der Waals surface area contributed by atoms with Gasteiger partial charge in [-0.05, 0) is 36.6 Å². The Morgan fingerprint density at radius 1 is 1.39 bits per heavy atom. The molecule has 0 bridgehead atoms. The number of carbonyl (C=O) groups is 1. The minimum atomic E-state index is -3.38. The summed E-state index contributed by atoms with van der Waals surface area (Å²) >= 11 is 0. The maximum atomic E-state index is 11.7. The first-order chi connectivity index (χ1) is 8.25. The van der Waals surface area contributed by atoms with Crippen LogP contribution in [-0.4, -0.2) is 32.9 Å². The Balaban J connectivity index is 3.31. The van der Waals surface area contributed by atoms with Gasteiger partial charge in [0.15, 0.2) is 9.84 Å². The van der Waals surface area contributed by atoms with Gasteiger partial charge in [0.05, 0.1) is 12.0 Å². The monoisotopic (exact) mass is 272 g/mol. The number of carboxylic acids is 1. The normalized spacial score (nSPS) is 11.3. The van der Waals surface area contributed by atoms with Crippen molar-refractivity contribution in [1.82, 2.24) is 0 Å². The fourth-order valence-corrected chi connectivity index (χ4v) is 2.73. The van der Waals surface area contributed by atoms with E-state index in [0.29, 0.717) is 16.9 Å². The maximum Gasteiger partial charge on any atom is 0.303 e. The highest BCUT2D eigenvalue weighted by Crippen LogP contribution is 2.27. The number of methoxy groups -OCH3 is 1. The molecular formula is C12H16O5S. The van der Waals surface area contributed by atoms with Crippen LogP contribution in [0.5, 0.6) is 5.75 Å². The van der Waals surface area contributed by atoms with Gasteiger partial charge in [0, 0.05) is 12.7 Å². The minimum Gasteiger partial charge on any atom is -0.496 e. The van der Waals surface area contributed by atoms with Crippen LogP contribution in [0.2, 0.25) is 0 Å². The molecule has 0 aromatic heterocycles. The molecule has 5 nitrogen and oxygen atoms in total. The Hall–Kier alpha value is -1.56. The van der Waals surface area contributed by atoms with Crippen LogP contribution in [0.3, 0.4) is 0 Å². The highest BCUT2D eigenvalue weighted by molar-refractivity contribution is 7.90. The molecule has 0 saturated heterocycles. The van der Waals surface area contributed by atoms with Gasteiger partial charge in [0.25, 0.3) is 0 Å². The standard InChI is InChI=1S/C12H16O5S/c1-8-6-11(18(3,15)16)9(4-5-12(13)14)7-10(8)17-2/h6-7H,4-5H2,1-3H3,(H,13,14). The van der Waals surface area contributed by atoms with Crippen molar-refractivity contribution in [3.05, 3.63) is 23.3 Å². The van der Waals surface area contributed by atoms with Gasteiger partial charge in [0.2, 0.25) is 0 Å². The number of rotatable bonds is 5. The van der Waals surface area contributed by atoms with Crippen molar-refractivity contribution >= 4 is 15.8 Å². The first-order valence-electron chi connectivity index (χ1n) is 5.35. The van der Waals surface area contributed by atoms with Crippen LogP contribution in [0.25, 0.3) is 0 Å². The van der Waals surface area contributed by atoms with Gasteiger partial charge >= 0.3 is 5.97 Å². The second-order valence-corrected chi connectivity index (χ2v) is 6.08. The van der Waals surface area contributed by atoms with E-state index in [1.54, 1.807) is 13.0 Å². The Labute approximate surface area is 106 Å². The SMILES string of the molecule is COc1cc(CCC(=O)O)c(S(C)(=O)=O)cc1C. The van der Waals surface area contributed by atoms with Crippen LogP contribution < -0.4 is 4.74 Å². The van der Waals surface area contributed by atoms with Gasteiger partial charge in [-0.3, -0.25) is 4.79 Å². The van der Waals surface area contributed by atoms with Crippen molar-refractivity contribution in [2.75, 3.05) is 13.4 Å². The molecule has 0 aliphatic heterocycles. The van der Waals surface area contributed by atoms with Crippen molar-refractivity contribution in [1.29, 1.82) is 0 Å². The molecule has 0 aliphatic carbocycles. The maximum absolute atomic E-state index is 11.7. The third-order valence-electron chi connectivity index (χ3n) is 2.59. The van der Waals surface area contributed by atoms with Gasteiger partial charge in [-0.2, -0.15) is 0 Å². The predicted octanol–water partition coefficient (Wildman–Crippen LogP) is 1.42. The van der Waals surface area contributed by atoms with Crippen molar-refractivity contribution in [3.8, 4) is 5.75 Å². The molecule has 1 rings (SSSR count). The topological polar surface area (TPSA) is 80.7 Å². The average molecular weight is 272 g/mol. The van der Waals surface area contributed by atoms with E-state index in [1.165, 1.54) is 13.2 Å². The molecule has 0 saturated carbocycles. The largest absolute Gasteiger partial charge is 0.496 e. The van der Waals surface area contributed by atoms with Crippen molar-refractivity contribution in [2.45, 2.75) is 24.7 Å². The van der Waals surface area contributed by atoms with Gasteiger partial charge in [-0.15, -0.1) is 0 Å². The van der Waals surface area contributed by atoms with Crippen molar-refractivity contribution in [2.24, 2.45) is 0 Å². The molecule has 1 aromatic rings. The fraction of sp³-hybridized carbons (Fsp3) is 0.417. The van der Waals surface area contributed by atoms with Crippen molar-refractivity contribution < 1.29 is 23.1 Å². The third kappa shape index (κ3) is 3.46. The van der Waals surface area contributed by atoms with Gasteiger partial charge < -0.3 is 9.84 Å². The predicted molar refractivity (Wildman–Crippen MR) is 66.8 cm³/mol.